The van der Waals surface area contributed by atoms with E-state index < -0.39 is 0 Å². The largest absolute Gasteiger partial charge is 0.473 e. The molecule has 0 N–H and O–H groups in total. The molecule has 0 fully saturated rings. The van der Waals surface area contributed by atoms with Crippen LogP contribution in [-0.2, 0) is 19.4 Å². The van der Waals surface area contributed by atoms with Gasteiger partial charge in [0.2, 0.25) is 0 Å². The smallest absolute Gasteiger partial charge is 0.339 e. The van der Waals surface area contributed by atoms with E-state index in [9.17, 15) is 4.79 Å². The predicted molar refractivity (Wildman–Crippen MR) is 103 cm³/mol. The summed E-state index contributed by atoms with van der Waals surface area (Å²) in [5.74, 6) is 0.759. The number of anilines is 1. The van der Waals surface area contributed by atoms with Gasteiger partial charge in [-0.3, -0.25) is 0 Å². The van der Waals surface area contributed by atoms with Crippen LogP contribution in [0.3, 0.4) is 0 Å². The highest BCUT2D eigenvalue weighted by molar-refractivity contribution is 6.42. The second kappa shape index (κ2) is 5.93. The second-order valence-electron chi connectivity index (χ2n) is 6.69. The number of fused-ring (bicyclic) bond motifs is 5. The van der Waals surface area contributed by atoms with Crippen molar-refractivity contribution in [2.75, 3.05) is 11.6 Å². The molecule has 0 amide bonds. The molecule has 0 unspecified atom stereocenters. The zero-order valence-electron chi connectivity index (χ0n) is 13.9. The lowest BCUT2D eigenvalue weighted by Gasteiger charge is -2.31. The summed E-state index contributed by atoms with van der Waals surface area (Å²) in [6.07, 6.45) is 2.73. The number of halogens is 2. The lowest BCUT2D eigenvalue weighted by molar-refractivity contribution is 0.289. The van der Waals surface area contributed by atoms with E-state index in [1.165, 1.54) is 0 Å². The summed E-state index contributed by atoms with van der Waals surface area (Å²) >= 11 is 12.2. The van der Waals surface area contributed by atoms with Gasteiger partial charge >= 0.3 is 5.63 Å². The van der Waals surface area contributed by atoms with Crippen molar-refractivity contribution in [3.05, 3.63) is 67.5 Å². The van der Waals surface area contributed by atoms with Crippen LogP contribution in [0.25, 0.3) is 11.0 Å². The quantitative estimate of drug-likeness (QED) is 0.554. The van der Waals surface area contributed by atoms with Crippen molar-refractivity contribution in [1.29, 1.82) is 0 Å². The topological polar surface area (TPSA) is 42.7 Å². The molecule has 0 spiro atoms. The molecule has 0 atom stereocenters. The minimum absolute atomic E-state index is 0.218. The average molecular weight is 388 g/mol. The third kappa shape index (κ3) is 2.40. The zero-order chi connectivity index (χ0) is 17.8. The van der Waals surface area contributed by atoms with Crippen LogP contribution in [0.4, 0.5) is 5.69 Å². The van der Waals surface area contributed by atoms with E-state index in [1.807, 2.05) is 29.2 Å². The first-order valence-corrected chi connectivity index (χ1v) is 9.30. The molecule has 2 aromatic carbocycles. The summed E-state index contributed by atoms with van der Waals surface area (Å²) in [6, 6.07) is 9.47. The summed E-state index contributed by atoms with van der Waals surface area (Å²) in [7, 11) is 0. The molecule has 2 aliphatic rings. The Balaban J connectivity index is 1.64. The molecule has 4 nitrogen and oxygen atoms in total. The van der Waals surface area contributed by atoms with Crippen molar-refractivity contribution in [1.82, 2.24) is 0 Å². The molecule has 132 valence electrons. The van der Waals surface area contributed by atoms with Gasteiger partial charge in [0.15, 0.2) is 6.73 Å². The summed E-state index contributed by atoms with van der Waals surface area (Å²) in [5, 5.41) is 2.04. The Kier molecular flexibility index (Phi) is 3.66. The van der Waals surface area contributed by atoms with Gasteiger partial charge in [-0.15, -0.1) is 0 Å². The Morgan fingerprint density at radius 1 is 0.962 bits per heavy atom. The maximum Gasteiger partial charge on any atom is 0.339 e. The molecule has 0 bridgehead atoms. The standard InChI is InChI=1S/C20H15Cl2NO3/c21-16-6-4-11(8-17(16)22)23-9-15-18(25-10-23)7-5-13-12-2-1-3-14(12)20(24)26-19(13)15/h4-8H,1-3,9-10H2. The van der Waals surface area contributed by atoms with Gasteiger partial charge in [-0.25, -0.2) is 4.79 Å². The van der Waals surface area contributed by atoms with E-state index in [0.29, 0.717) is 28.9 Å². The molecule has 6 heteroatoms. The molecular weight excluding hydrogens is 373 g/mol. The normalized spacial score (nSPS) is 15.7. The van der Waals surface area contributed by atoms with E-state index in [4.69, 9.17) is 32.4 Å². The number of rotatable bonds is 1. The van der Waals surface area contributed by atoms with Crippen LogP contribution in [0.2, 0.25) is 10.0 Å². The Labute approximate surface area is 159 Å². The molecule has 26 heavy (non-hydrogen) atoms. The Bertz CT molecular complexity index is 1110. The van der Waals surface area contributed by atoms with Gasteiger partial charge in [0.25, 0.3) is 0 Å². The van der Waals surface area contributed by atoms with E-state index in [-0.39, 0.29) is 5.63 Å². The fourth-order valence-electron chi connectivity index (χ4n) is 3.90. The van der Waals surface area contributed by atoms with Crippen LogP contribution < -0.4 is 15.3 Å². The predicted octanol–water partition coefficient (Wildman–Crippen LogP) is 4.95. The summed E-state index contributed by atoms with van der Waals surface area (Å²) in [5.41, 5.74) is 4.18. The average Bonchev–Trinajstić information content (AvgIpc) is 3.14. The van der Waals surface area contributed by atoms with E-state index in [2.05, 4.69) is 0 Å². The van der Waals surface area contributed by atoms with Gasteiger partial charge in [0.1, 0.15) is 11.3 Å². The van der Waals surface area contributed by atoms with Crippen molar-refractivity contribution >= 4 is 39.9 Å². The highest BCUT2D eigenvalue weighted by Gasteiger charge is 2.26. The molecule has 2 heterocycles. The van der Waals surface area contributed by atoms with Crippen LogP contribution in [0, 0.1) is 0 Å². The van der Waals surface area contributed by atoms with Crippen LogP contribution in [0.15, 0.2) is 39.5 Å². The van der Waals surface area contributed by atoms with E-state index in [1.54, 1.807) is 6.07 Å². The van der Waals surface area contributed by atoms with Gasteiger partial charge in [-0.05, 0) is 55.2 Å². The first-order chi connectivity index (χ1) is 12.6. The fraction of sp³-hybridized carbons (Fsp3) is 0.250. The molecule has 5 rings (SSSR count). The molecule has 1 aliphatic heterocycles. The lowest BCUT2D eigenvalue weighted by Crippen LogP contribution is -2.32. The number of hydrogen-bond donors (Lipinski definition) is 0. The molecule has 1 aromatic heterocycles. The summed E-state index contributed by atoms with van der Waals surface area (Å²) < 4.78 is 11.6. The van der Waals surface area contributed by atoms with Crippen LogP contribution >= 0.6 is 23.2 Å². The van der Waals surface area contributed by atoms with Gasteiger partial charge in [-0.1, -0.05) is 23.2 Å². The monoisotopic (exact) mass is 387 g/mol. The van der Waals surface area contributed by atoms with E-state index in [0.717, 1.165) is 52.8 Å². The van der Waals surface area contributed by atoms with Gasteiger partial charge < -0.3 is 14.1 Å². The van der Waals surface area contributed by atoms with E-state index >= 15 is 0 Å². The lowest BCUT2D eigenvalue weighted by atomic mass is 10.0. The number of hydrogen-bond acceptors (Lipinski definition) is 4. The first-order valence-electron chi connectivity index (χ1n) is 8.55. The van der Waals surface area contributed by atoms with Crippen molar-refractivity contribution < 1.29 is 9.15 Å². The Morgan fingerprint density at radius 3 is 2.65 bits per heavy atom. The number of nitrogens with zero attached hydrogens (tertiary/aromatic N) is 1. The number of benzene rings is 2. The molecule has 3 aromatic rings. The third-order valence-electron chi connectivity index (χ3n) is 5.19. The molecule has 0 radical (unpaired) electrons. The maximum absolute atomic E-state index is 12.4. The minimum atomic E-state index is -0.218. The minimum Gasteiger partial charge on any atom is -0.473 e. The van der Waals surface area contributed by atoms with Crippen molar-refractivity contribution in [3.63, 3.8) is 0 Å². The Morgan fingerprint density at radius 2 is 1.81 bits per heavy atom. The summed E-state index contributed by atoms with van der Waals surface area (Å²) in [6.45, 7) is 0.970. The van der Waals surface area contributed by atoms with Gasteiger partial charge in [0.05, 0.1) is 22.2 Å². The molecular formula is C20H15Cl2NO3. The van der Waals surface area contributed by atoms with Crippen LogP contribution in [0.5, 0.6) is 5.75 Å². The SMILES string of the molecule is O=c1oc2c3c(ccc2c2c1CCC2)OCN(c1ccc(Cl)c(Cl)c1)C3. The molecule has 0 saturated heterocycles. The van der Waals surface area contributed by atoms with Crippen LogP contribution in [0.1, 0.15) is 23.1 Å². The molecule has 1 aliphatic carbocycles. The number of aryl methyl sites for hydroxylation is 1. The highest BCUT2D eigenvalue weighted by Crippen LogP contribution is 2.37. The molecule has 0 saturated carbocycles. The van der Waals surface area contributed by atoms with Gasteiger partial charge in [0, 0.05) is 16.6 Å². The van der Waals surface area contributed by atoms with Gasteiger partial charge in [-0.2, -0.15) is 0 Å². The van der Waals surface area contributed by atoms with Crippen molar-refractivity contribution in [2.45, 2.75) is 25.8 Å². The Hall–Kier alpha value is -2.17. The maximum atomic E-state index is 12.4. The van der Waals surface area contributed by atoms with Crippen LogP contribution in [-0.4, -0.2) is 6.73 Å². The number of ether oxygens (including phenoxy) is 1. The second-order valence-corrected chi connectivity index (χ2v) is 7.50. The highest BCUT2D eigenvalue weighted by atomic mass is 35.5. The summed E-state index contributed by atoms with van der Waals surface area (Å²) in [4.78, 5) is 14.4. The first kappa shape index (κ1) is 16.0. The van der Waals surface area contributed by atoms with Crippen molar-refractivity contribution in [3.8, 4) is 5.75 Å². The van der Waals surface area contributed by atoms with Crippen molar-refractivity contribution in [2.24, 2.45) is 0 Å². The third-order valence-corrected chi connectivity index (χ3v) is 5.93. The fourth-order valence-corrected chi connectivity index (χ4v) is 4.19. The zero-order valence-corrected chi connectivity index (χ0v) is 15.4.